The molecule has 3 fully saturated rings. The van der Waals surface area contributed by atoms with Gasteiger partial charge in [0.15, 0.2) is 0 Å². The van der Waals surface area contributed by atoms with Crippen LogP contribution in [0, 0.1) is 17.8 Å². The lowest BCUT2D eigenvalue weighted by molar-refractivity contribution is -0.142. The number of rotatable bonds is 4. The molecule has 0 spiro atoms. The Balaban J connectivity index is 1.42. The number of piperazine rings is 1. The number of carboxylic acid groups (broad SMARTS) is 1. The summed E-state index contributed by atoms with van der Waals surface area (Å²) in [6, 6.07) is 7.80. The van der Waals surface area contributed by atoms with Crippen molar-refractivity contribution in [3.05, 3.63) is 29.8 Å². The minimum Gasteiger partial charge on any atom is -0.481 e. The Bertz CT molecular complexity index is 678. The number of aliphatic carboxylic acids is 1. The summed E-state index contributed by atoms with van der Waals surface area (Å²) in [6.07, 6.45) is 2.21. The van der Waals surface area contributed by atoms with E-state index in [2.05, 4.69) is 16.8 Å². The van der Waals surface area contributed by atoms with Crippen LogP contribution in [-0.4, -0.2) is 73.1 Å². The molecule has 3 aliphatic rings. The zero-order valence-corrected chi connectivity index (χ0v) is 15.3. The maximum absolute atomic E-state index is 12.8. The molecule has 1 N–H and O–H groups in total. The second-order valence-electron chi connectivity index (χ2n) is 7.99. The smallest absolute Gasteiger partial charge is 0.308 e. The van der Waals surface area contributed by atoms with Crippen LogP contribution in [0.15, 0.2) is 24.3 Å². The normalized spacial score (nSPS) is 27.0. The number of anilines is 1. The van der Waals surface area contributed by atoms with Crippen molar-refractivity contribution in [1.82, 2.24) is 9.80 Å². The summed E-state index contributed by atoms with van der Waals surface area (Å²) in [5.74, 6) is -0.586. The summed E-state index contributed by atoms with van der Waals surface area (Å²) in [7, 11) is 2.13. The summed E-state index contributed by atoms with van der Waals surface area (Å²) >= 11 is 0. The third-order valence-electron chi connectivity index (χ3n) is 6.18. The predicted octanol–water partition coefficient (Wildman–Crippen LogP) is 1.62. The molecule has 140 valence electrons. The molecular weight excluding hydrogens is 330 g/mol. The Morgan fingerprint density at radius 3 is 2.23 bits per heavy atom. The Morgan fingerprint density at radius 1 is 1.00 bits per heavy atom. The number of carbonyl (C=O) groups excluding carboxylic acids is 1. The van der Waals surface area contributed by atoms with Crippen molar-refractivity contribution in [2.75, 3.05) is 51.2 Å². The largest absolute Gasteiger partial charge is 0.481 e. The Morgan fingerprint density at radius 2 is 1.65 bits per heavy atom. The number of likely N-dealkylation sites (tertiary alicyclic amines) is 1. The fraction of sp³-hybridized carbons (Fsp3) is 0.600. The van der Waals surface area contributed by atoms with E-state index in [1.807, 2.05) is 24.3 Å². The average molecular weight is 357 g/mol. The SMILES string of the molecule is CN1CCN(c2ccc(C(=O)N3C[C@H](C(=O)O)[C@@H](C4CC4)C3)cc2)CC1. The Kier molecular flexibility index (Phi) is 4.61. The number of nitrogens with zero attached hydrogens (tertiary/aromatic N) is 3. The van der Waals surface area contributed by atoms with E-state index in [0.717, 1.165) is 44.7 Å². The standard InChI is InChI=1S/C20H27N3O3/c1-21-8-10-22(11-9-21)16-6-4-15(5-7-16)19(24)23-12-17(14-2-3-14)18(13-23)20(25)26/h4-7,14,17-18H,2-3,8-13H2,1H3,(H,25,26)/t17-,18+/m1/s1. The van der Waals surface area contributed by atoms with Gasteiger partial charge in [0.2, 0.25) is 0 Å². The molecule has 2 heterocycles. The lowest BCUT2D eigenvalue weighted by atomic mass is 9.92. The molecule has 2 aliphatic heterocycles. The molecule has 1 amide bonds. The second kappa shape index (κ2) is 6.91. The fourth-order valence-electron chi connectivity index (χ4n) is 4.32. The number of hydrogen-bond donors (Lipinski definition) is 1. The predicted molar refractivity (Wildman–Crippen MR) is 99.4 cm³/mol. The van der Waals surface area contributed by atoms with Gasteiger partial charge < -0.3 is 19.8 Å². The van der Waals surface area contributed by atoms with Gasteiger partial charge in [0.05, 0.1) is 5.92 Å². The molecule has 2 saturated heterocycles. The molecule has 2 atom stereocenters. The van der Waals surface area contributed by atoms with E-state index in [-0.39, 0.29) is 11.8 Å². The van der Waals surface area contributed by atoms with Gasteiger partial charge in [-0.05, 0) is 56.0 Å². The number of carbonyl (C=O) groups is 2. The van der Waals surface area contributed by atoms with Gasteiger partial charge in [-0.25, -0.2) is 0 Å². The van der Waals surface area contributed by atoms with Crippen molar-refractivity contribution in [2.24, 2.45) is 17.8 Å². The number of carboxylic acids is 1. The number of amides is 1. The van der Waals surface area contributed by atoms with Crippen molar-refractivity contribution in [3.63, 3.8) is 0 Å². The highest BCUT2D eigenvalue weighted by atomic mass is 16.4. The van der Waals surface area contributed by atoms with E-state index >= 15 is 0 Å². The fourth-order valence-corrected chi connectivity index (χ4v) is 4.32. The maximum atomic E-state index is 12.8. The number of benzene rings is 1. The van der Waals surface area contributed by atoms with Crippen LogP contribution in [0.3, 0.4) is 0 Å². The van der Waals surface area contributed by atoms with Gasteiger partial charge in [-0.1, -0.05) is 0 Å². The number of hydrogen-bond acceptors (Lipinski definition) is 4. The molecule has 6 heteroatoms. The van der Waals surface area contributed by atoms with Gasteiger partial charge in [-0.3, -0.25) is 9.59 Å². The third-order valence-corrected chi connectivity index (χ3v) is 6.18. The van der Waals surface area contributed by atoms with Crippen molar-refractivity contribution in [2.45, 2.75) is 12.8 Å². The molecule has 1 saturated carbocycles. The molecule has 0 aromatic heterocycles. The van der Waals surface area contributed by atoms with E-state index in [1.54, 1.807) is 4.90 Å². The van der Waals surface area contributed by atoms with Crippen LogP contribution in [-0.2, 0) is 4.79 Å². The van der Waals surface area contributed by atoms with Crippen LogP contribution >= 0.6 is 0 Å². The maximum Gasteiger partial charge on any atom is 0.308 e. The van der Waals surface area contributed by atoms with Crippen LogP contribution in [0.25, 0.3) is 0 Å². The average Bonchev–Trinajstić information content (AvgIpc) is 3.40. The summed E-state index contributed by atoms with van der Waals surface area (Å²) in [6.45, 7) is 5.02. The van der Waals surface area contributed by atoms with Crippen LogP contribution in [0.4, 0.5) is 5.69 Å². The molecular formula is C20H27N3O3. The van der Waals surface area contributed by atoms with Gasteiger partial charge in [0.25, 0.3) is 5.91 Å². The zero-order valence-electron chi connectivity index (χ0n) is 15.3. The van der Waals surface area contributed by atoms with Gasteiger partial charge in [-0.15, -0.1) is 0 Å². The van der Waals surface area contributed by atoms with Crippen LogP contribution in [0.1, 0.15) is 23.2 Å². The van der Waals surface area contributed by atoms with Crippen LogP contribution in [0.2, 0.25) is 0 Å². The van der Waals surface area contributed by atoms with Crippen molar-refractivity contribution in [3.8, 4) is 0 Å². The lowest BCUT2D eigenvalue weighted by Gasteiger charge is -2.34. The van der Waals surface area contributed by atoms with E-state index in [0.29, 0.717) is 24.6 Å². The zero-order chi connectivity index (χ0) is 18.3. The highest BCUT2D eigenvalue weighted by molar-refractivity contribution is 5.95. The minimum absolute atomic E-state index is 0.0377. The highest BCUT2D eigenvalue weighted by Crippen LogP contribution is 2.44. The first kappa shape index (κ1) is 17.3. The van der Waals surface area contributed by atoms with Crippen LogP contribution in [0.5, 0.6) is 0 Å². The summed E-state index contributed by atoms with van der Waals surface area (Å²) < 4.78 is 0. The Hall–Kier alpha value is -2.08. The minimum atomic E-state index is -0.761. The van der Waals surface area contributed by atoms with Gasteiger partial charge in [-0.2, -0.15) is 0 Å². The van der Waals surface area contributed by atoms with Gasteiger partial charge >= 0.3 is 5.97 Å². The lowest BCUT2D eigenvalue weighted by Crippen LogP contribution is -2.44. The molecule has 1 aromatic rings. The number of likely N-dealkylation sites (N-methyl/N-ethyl adjacent to an activating group) is 1. The quantitative estimate of drug-likeness (QED) is 0.887. The van der Waals surface area contributed by atoms with Crippen molar-refractivity contribution < 1.29 is 14.7 Å². The van der Waals surface area contributed by atoms with E-state index in [4.69, 9.17) is 0 Å². The molecule has 0 radical (unpaired) electrons. The molecule has 4 rings (SSSR count). The van der Waals surface area contributed by atoms with Gasteiger partial charge in [0, 0.05) is 50.5 Å². The topological polar surface area (TPSA) is 64.1 Å². The molecule has 0 bridgehead atoms. The van der Waals surface area contributed by atoms with E-state index < -0.39 is 11.9 Å². The summed E-state index contributed by atoms with van der Waals surface area (Å²) in [5, 5.41) is 9.48. The van der Waals surface area contributed by atoms with Gasteiger partial charge in [0.1, 0.15) is 0 Å². The molecule has 26 heavy (non-hydrogen) atoms. The van der Waals surface area contributed by atoms with E-state index in [1.165, 1.54) is 0 Å². The molecule has 1 aromatic carbocycles. The Labute approximate surface area is 154 Å². The van der Waals surface area contributed by atoms with Crippen molar-refractivity contribution in [1.29, 1.82) is 0 Å². The molecule has 0 unspecified atom stereocenters. The monoisotopic (exact) mass is 357 g/mol. The first-order valence-corrected chi connectivity index (χ1v) is 9.58. The summed E-state index contributed by atoms with van der Waals surface area (Å²) in [5.41, 5.74) is 1.80. The molecule has 1 aliphatic carbocycles. The van der Waals surface area contributed by atoms with Crippen molar-refractivity contribution >= 4 is 17.6 Å². The molecule has 6 nitrogen and oxygen atoms in total. The first-order chi connectivity index (χ1) is 12.5. The highest BCUT2D eigenvalue weighted by Gasteiger charge is 2.46. The third kappa shape index (κ3) is 3.43. The second-order valence-corrected chi connectivity index (χ2v) is 7.99. The van der Waals surface area contributed by atoms with E-state index in [9.17, 15) is 14.7 Å². The summed E-state index contributed by atoms with van der Waals surface area (Å²) in [4.78, 5) is 30.8. The van der Waals surface area contributed by atoms with Crippen LogP contribution < -0.4 is 4.90 Å². The first-order valence-electron chi connectivity index (χ1n) is 9.58.